The summed E-state index contributed by atoms with van der Waals surface area (Å²) in [5, 5.41) is 0. The molecule has 4 rings (SSSR count). The quantitative estimate of drug-likeness (QED) is 0.827. The number of nitrogens with zero attached hydrogens (tertiary/aromatic N) is 3. The van der Waals surface area contributed by atoms with Crippen molar-refractivity contribution >= 4 is 29.2 Å². The monoisotopic (exact) mass is 349 g/mol. The van der Waals surface area contributed by atoms with Crippen molar-refractivity contribution in [2.45, 2.75) is 12.8 Å². The van der Waals surface area contributed by atoms with Crippen molar-refractivity contribution in [3.63, 3.8) is 0 Å². The van der Waals surface area contributed by atoms with E-state index in [2.05, 4.69) is 46.3 Å². The van der Waals surface area contributed by atoms with E-state index in [1.54, 1.807) is 0 Å². The van der Waals surface area contributed by atoms with Crippen LogP contribution in [0.5, 0.6) is 0 Å². The minimum atomic E-state index is 0.910. The molecule has 1 fully saturated rings. The number of aromatic nitrogens is 1. The lowest BCUT2D eigenvalue weighted by molar-refractivity contribution is 0.818. The Morgan fingerprint density at radius 2 is 1.88 bits per heavy atom. The van der Waals surface area contributed by atoms with Crippen LogP contribution in [0.15, 0.2) is 59.4 Å². The Bertz CT molecular complexity index is 759. The van der Waals surface area contributed by atoms with E-state index in [4.69, 9.17) is 4.99 Å². The van der Waals surface area contributed by atoms with Crippen LogP contribution in [0.4, 0.5) is 5.69 Å². The first-order valence-electron chi connectivity index (χ1n) is 8.99. The van der Waals surface area contributed by atoms with Crippen molar-refractivity contribution in [2.75, 3.05) is 36.0 Å². The maximum Gasteiger partial charge on any atom is 0.0694 e. The maximum absolute atomic E-state index is 4.77. The van der Waals surface area contributed by atoms with Gasteiger partial charge in [0.05, 0.1) is 5.71 Å². The summed E-state index contributed by atoms with van der Waals surface area (Å²) in [6.45, 7) is 3.22. The van der Waals surface area contributed by atoms with E-state index in [1.165, 1.54) is 28.3 Å². The Hall–Kier alpha value is -2.07. The number of aliphatic imine (C=N–C) groups is 1. The van der Waals surface area contributed by atoms with E-state index >= 15 is 0 Å². The zero-order valence-electron chi connectivity index (χ0n) is 14.4. The summed E-state index contributed by atoms with van der Waals surface area (Å²) in [4.78, 5) is 11.5. The standard InChI is InChI=1S/C21H23N3S/c1-4-19(16-22-9-1)21-18(3-2-10-23-21)15-17-5-7-20(8-6-17)24-11-13-25-14-12-24/h1,4-9,15-16H,2-3,10-14H2/b18-15+. The highest BCUT2D eigenvalue weighted by molar-refractivity contribution is 7.99. The van der Waals surface area contributed by atoms with E-state index in [0.717, 1.165) is 43.8 Å². The van der Waals surface area contributed by atoms with Gasteiger partial charge in [0.25, 0.3) is 0 Å². The molecule has 3 nitrogen and oxygen atoms in total. The number of anilines is 1. The second kappa shape index (κ2) is 7.87. The molecular formula is C21H23N3S. The van der Waals surface area contributed by atoms with Gasteiger partial charge in [-0.15, -0.1) is 0 Å². The number of rotatable bonds is 3. The summed E-state index contributed by atoms with van der Waals surface area (Å²) < 4.78 is 0. The number of benzene rings is 1. The highest BCUT2D eigenvalue weighted by Crippen LogP contribution is 2.24. The topological polar surface area (TPSA) is 28.5 Å². The zero-order valence-corrected chi connectivity index (χ0v) is 15.2. The molecule has 2 aliphatic heterocycles. The van der Waals surface area contributed by atoms with Crippen molar-refractivity contribution in [1.29, 1.82) is 0 Å². The Morgan fingerprint density at radius 3 is 2.64 bits per heavy atom. The van der Waals surface area contributed by atoms with E-state index in [0.29, 0.717) is 0 Å². The molecule has 0 N–H and O–H groups in total. The van der Waals surface area contributed by atoms with Crippen molar-refractivity contribution in [1.82, 2.24) is 4.98 Å². The first kappa shape index (κ1) is 16.4. The molecule has 0 unspecified atom stereocenters. The van der Waals surface area contributed by atoms with Crippen LogP contribution in [-0.2, 0) is 0 Å². The van der Waals surface area contributed by atoms with Crippen LogP contribution >= 0.6 is 11.8 Å². The van der Waals surface area contributed by atoms with Gasteiger partial charge in [0.2, 0.25) is 0 Å². The van der Waals surface area contributed by atoms with Crippen LogP contribution in [0, 0.1) is 0 Å². The predicted molar refractivity (Wildman–Crippen MR) is 109 cm³/mol. The third-order valence-electron chi connectivity index (χ3n) is 4.72. The number of hydrogen-bond acceptors (Lipinski definition) is 4. The minimum absolute atomic E-state index is 0.910. The van der Waals surface area contributed by atoms with Crippen LogP contribution in [0.1, 0.15) is 24.0 Å². The molecule has 25 heavy (non-hydrogen) atoms. The molecule has 3 heterocycles. The number of thioether (sulfide) groups is 1. The van der Waals surface area contributed by atoms with Crippen molar-refractivity contribution in [2.24, 2.45) is 4.99 Å². The number of pyridine rings is 1. The van der Waals surface area contributed by atoms with Gasteiger partial charge in [-0.25, -0.2) is 0 Å². The molecule has 4 heteroatoms. The van der Waals surface area contributed by atoms with Crippen molar-refractivity contribution < 1.29 is 0 Å². The summed E-state index contributed by atoms with van der Waals surface area (Å²) in [6.07, 6.45) is 8.22. The maximum atomic E-state index is 4.77. The lowest BCUT2D eigenvalue weighted by Gasteiger charge is -2.28. The van der Waals surface area contributed by atoms with Gasteiger partial charge in [-0.3, -0.25) is 9.98 Å². The van der Waals surface area contributed by atoms with Crippen molar-refractivity contribution in [3.05, 3.63) is 65.5 Å². The van der Waals surface area contributed by atoms with Crippen LogP contribution in [0.25, 0.3) is 6.08 Å². The third kappa shape index (κ3) is 3.96. The summed E-state index contributed by atoms with van der Waals surface area (Å²) in [6, 6.07) is 13.1. The molecule has 0 amide bonds. The molecule has 0 radical (unpaired) electrons. The molecule has 0 aliphatic carbocycles. The molecule has 0 atom stereocenters. The van der Waals surface area contributed by atoms with Crippen LogP contribution < -0.4 is 4.90 Å². The Balaban J connectivity index is 1.56. The third-order valence-corrected chi connectivity index (χ3v) is 5.67. The molecule has 2 aliphatic rings. The average Bonchev–Trinajstić information content (AvgIpc) is 2.70. The zero-order chi connectivity index (χ0) is 16.9. The highest BCUT2D eigenvalue weighted by Gasteiger charge is 2.14. The summed E-state index contributed by atoms with van der Waals surface area (Å²) in [7, 11) is 0. The van der Waals surface area contributed by atoms with Gasteiger partial charge in [-0.2, -0.15) is 11.8 Å². The fourth-order valence-electron chi connectivity index (χ4n) is 3.40. The lowest BCUT2D eigenvalue weighted by atomic mass is 9.95. The van der Waals surface area contributed by atoms with E-state index in [1.807, 2.05) is 30.2 Å². The van der Waals surface area contributed by atoms with Gasteiger partial charge in [0, 0.05) is 54.8 Å². The fraction of sp³-hybridized carbons (Fsp3) is 0.333. The molecule has 2 aromatic rings. The van der Waals surface area contributed by atoms with Gasteiger partial charge in [0.15, 0.2) is 0 Å². The van der Waals surface area contributed by atoms with Gasteiger partial charge < -0.3 is 4.90 Å². The van der Waals surface area contributed by atoms with Gasteiger partial charge >= 0.3 is 0 Å². The molecule has 128 valence electrons. The molecule has 1 aromatic heterocycles. The first-order chi connectivity index (χ1) is 12.4. The largest absolute Gasteiger partial charge is 0.370 e. The van der Waals surface area contributed by atoms with Gasteiger partial charge in [0.1, 0.15) is 0 Å². The Morgan fingerprint density at radius 1 is 1.04 bits per heavy atom. The summed E-state index contributed by atoms with van der Waals surface area (Å²) in [5.74, 6) is 2.47. The normalized spacial score (nSPS) is 19.8. The Kier molecular flexibility index (Phi) is 5.17. The summed E-state index contributed by atoms with van der Waals surface area (Å²) in [5.41, 5.74) is 6.14. The van der Waals surface area contributed by atoms with Crippen molar-refractivity contribution in [3.8, 4) is 0 Å². The average molecular weight is 350 g/mol. The molecular weight excluding hydrogens is 326 g/mol. The highest BCUT2D eigenvalue weighted by atomic mass is 32.2. The van der Waals surface area contributed by atoms with E-state index < -0.39 is 0 Å². The Labute approximate surface area is 153 Å². The molecule has 0 saturated carbocycles. The van der Waals surface area contributed by atoms with E-state index in [9.17, 15) is 0 Å². The molecule has 0 spiro atoms. The molecule has 1 saturated heterocycles. The minimum Gasteiger partial charge on any atom is -0.370 e. The molecule has 1 aromatic carbocycles. The van der Waals surface area contributed by atoms with Crippen LogP contribution in [0.3, 0.4) is 0 Å². The lowest BCUT2D eigenvalue weighted by Crippen LogP contribution is -2.32. The first-order valence-corrected chi connectivity index (χ1v) is 10.1. The number of allylic oxidation sites excluding steroid dienone is 1. The number of hydrogen-bond donors (Lipinski definition) is 0. The second-order valence-corrected chi connectivity index (χ2v) is 7.66. The second-order valence-electron chi connectivity index (χ2n) is 6.44. The van der Waals surface area contributed by atoms with Crippen LogP contribution in [-0.4, -0.2) is 41.8 Å². The van der Waals surface area contributed by atoms with Gasteiger partial charge in [-0.05, 0) is 54.3 Å². The molecule has 0 bridgehead atoms. The van der Waals surface area contributed by atoms with Crippen LogP contribution in [0.2, 0.25) is 0 Å². The van der Waals surface area contributed by atoms with E-state index in [-0.39, 0.29) is 0 Å². The smallest absolute Gasteiger partial charge is 0.0694 e. The predicted octanol–water partition coefficient (Wildman–Crippen LogP) is 4.30. The van der Waals surface area contributed by atoms with Gasteiger partial charge in [-0.1, -0.05) is 12.1 Å². The fourth-order valence-corrected chi connectivity index (χ4v) is 4.31. The SMILES string of the molecule is C(=C1/CCCN=C1c1cccnc1)/c1ccc(N2CCSCC2)cc1. The summed E-state index contributed by atoms with van der Waals surface area (Å²) >= 11 is 2.05.